The fourth-order valence-electron chi connectivity index (χ4n) is 3.92. The van der Waals surface area contributed by atoms with Crippen molar-refractivity contribution in [3.05, 3.63) is 95.9 Å². The van der Waals surface area contributed by atoms with E-state index >= 15 is 0 Å². The number of nitrogens with two attached hydrogens (primary N) is 1. The Kier molecular flexibility index (Phi) is 5.75. The van der Waals surface area contributed by atoms with Crippen molar-refractivity contribution in [3.63, 3.8) is 0 Å². The van der Waals surface area contributed by atoms with Crippen LogP contribution < -0.4 is 10.5 Å². The Morgan fingerprint density at radius 3 is 2.39 bits per heavy atom. The first-order valence-corrected chi connectivity index (χ1v) is 11.0. The number of ether oxygens (including phenoxy) is 1. The molecule has 0 atom stereocenters. The monoisotopic (exact) mass is 432 g/mol. The molecule has 0 amide bonds. The van der Waals surface area contributed by atoms with E-state index in [-0.39, 0.29) is 0 Å². The molecular weight excluding hydrogens is 408 g/mol. The molecule has 0 bridgehead atoms. The van der Waals surface area contributed by atoms with E-state index < -0.39 is 0 Å². The van der Waals surface area contributed by atoms with Gasteiger partial charge in [0.05, 0.1) is 24.3 Å². The summed E-state index contributed by atoms with van der Waals surface area (Å²) in [6, 6.07) is 22.4. The van der Waals surface area contributed by atoms with Crippen molar-refractivity contribution in [3.8, 4) is 23.3 Å². The zero-order chi connectivity index (χ0) is 22.6. The minimum Gasteiger partial charge on any atom is -0.497 e. The highest BCUT2D eigenvalue weighted by Gasteiger charge is 2.10. The molecule has 5 nitrogen and oxygen atoms in total. The minimum atomic E-state index is 0.705. The molecule has 5 aromatic rings. The maximum Gasteiger partial charge on any atom is 0.118 e. The summed E-state index contributed by atoms with van der Waals surface area (Å²) < 4.78 is 7.33. The highest BCUT2D eigenvalue weighted by molar-refractivity contribution is 6.03. The summed E-state index contributed by atoms with van der Waals surface area (Å²) in [6.45, 7) is 0.705. The highest BCUT2D eigenvalue weighted by Crippen LogP contribution is 2.27. The van der Waals surface area contributed by atoms with E-state index in [2.05, 4.69) is 56.7 Å². The first-order chi connectivity index (χ1) is 16.2. The Morgan fingerprint density at radius 2 is 1.64 bits per heavy atom. The summed E-state index contributed by atoms with van der Waals surface area (Å²) in [5, 5.41) is 1.03. The number of aromatic nitrogens is 3. The Labute approximate surface area is 192 Å². The molecule has 0 saturated heterocycles. The number of hydrogen-bond acceptors (Lipinski definition) is 4. The number of pyridine rings is 1. The van der Waals surface area contributed by atoms with Gasteiger partial charge in [0, 0.05) is 22.2 Å². The van der Waals surface area contributed by atoms with E-state index in [4.69, 9.17) is 10.5 Å². The second-order valence-electron chi connectivity index (χ2n) is 7.88. The van der Waals surface area contributed by atoms with Crippen LogP contribution in [0.25, 0.3) is 27.6 Å². The Bertz CT molecular complexity index is 1470. The molecule has 2 heterocycles. The van der Waals surface area contributed by atoms with Gasteiger partial charge in [-0.2, -0.15) is 0 Å². The zero-order valence-corrected chi connectivity index (χ0v) is 18.5. The van der Waals surface area contributed by atoms with Gasteiger partial charge in [0.15, 0.2) is 0 Å². The number of benzene rings is 3. The molecule has 0 unspecified atom stereocenters. The molecule has 0 fully saturated rings. The molecule has 5 rings (SSSR count). The number of methoxy groups -OCH3 is 1. The summed E-state index contributed by atoms with van der Waals surface area (Å²) in [4.78, 5) is 9.19. The van der Waals surface area contributed by atoms with Crippen molar-refractivity contribution in [2.45, 2.75) is 12.8 Å². The summed E-state index contributed by atoms with van der Waals surface area (Å²) in [5.41, 5.74) is 12.7. The Morgan fingerprint density at radius 1 is 0.879 bits per heavy atom. The van der Waals surface area contributed by atoms with Crippen LogP contribution in [0.2, 0.25) is 0 Å². The standard InChI is InChI=1S/C28H24N4O/c1-33-24-13-8-21(9-14-24)4-5-22-10-15-26-25(17-22)28-27(18-30-26)31-19-32(28)23-11-6-20(7-12-23)3-2-16-29/h6-15,17-19H,2-3,16,29H2,1H3. The van der Waals surface area contributed by atoms with Gasteiger partial charge in [0.2, 0.25) is 0 Å². The SMILES string of the molecule is COc1ccc(C#Cc2ccc3ncc4ncn(-c5ccc(CCCN)cc5)c4c3c2)cc1. The number of fused-ring (bicyclic) bond motifs is 3. The average Bonchev–Trinajstić information content (AvgIpc) is 3.31. The van der Waals surface area contributed by atoms with E-state index in [0.29, 0.717) is 6.54 Å². The summed E-state index contributed by atoms with van der Waals surface area (Å²) in [5.74, 6) is 7.33. The molecule has 162 valence electrons. The summed E-state index contributed by atoms with van der Waals surface area (Å²) >= 11 is 0. The van der Waals surface area contributed by atoms with Crippen molar-refractivity contribution in [1.29, 1.82) is 0 Å². The summed E-state index contributed by atoms with van der Waals surface area (Å²) in [7, 11) is 1.66. The predicted octanol–water partition coefficient (Wildman–Crippen LogP) is 4.87. The van der Waals surface area contributed by atoms with E-state index in [0.717, 1.165) is 57.3 Å². The van der Waals surface area contributed by atoms with Crippen LogP contribution in [0.15, 0.2) is 79.3 Å². The lowest BCUT2D eigenvalue weighted by molar-refractivity contribution is 0.415. The zero-order valence-electron chi connectivity index (χ0n) is 18.5. The molecule has 3 aromatic carbocycles. The fraction of sp³-hybridized carbons (Fsp3) is 0.143. The van der Waals surface area contributed by atoms with Gasteiger partial charge in [-0.3, -0.25) is 9.55 Å². The van der Waals surface area contributed by atoms with Crippen LogP contribution in [0.4, 0.5) is 0 Å². The molecule has 0 aliphatic rings. The molecular formula is C28H24N4O. The number of rotatable bonds is 5. The maximum atomic E-state index is 5.64. The van der Waals surface area contributed by atoms with Gasteiger partial charge >= 0.3 is 0 Å². The number of aryl methyl sites for hydroxylation is 1. The second kappa shape index (κ2) is 9.15. The van der Waals surface area contributed by atoms with E-state index in [1.165, 1.54) is 5.56 Å². The van der Waals surface area contributed by atoms with Crippen LogP contribution in [0, 0.1) is 11.8 Å². The highest BCUT2D eigenvalue weighted by atomic mass is 16.5. The lowest BCUT2D eigenvalue weighted by Gasteiger charge is -2.08. The van der Waals surface area contributed by atoms with Crippen molar-refractivity contribution in [1.82, 2.24) is 14.5 Å². The van der Waals surface area contributed by atoms with Gasteiger partial charge in [0.1, 0.15) is 17.6 Å². The minimum absolute atomic E-state index is 0.705. The van der Waals surface area contributed by atoms with Crippen molar-refractivity contribution < 1.29 is 4.74 Å². The molecule has 0 spiro atoms. The van der Waals surface area contributed by atoms with Gasteiger partial charge in [-0.15, -0.1) is 0 Å². The van der Waals surface area contributed by atoms with E-state index in [1.54, 1.807) is 7.11 Å². The predicted molar refractivity (Wildman–Crippen MR) is 133 cm³/mol. The topological polar surface area (TPSA) is 66.0 Å². The van der Waals surface area contributed by atoms with Crippen LogP contribution in [0.3, 0.4) is 0 Å². The van der Waals surface area contributed by atoms with Crippen molar-refractivity contribution in [2.75, 3.05) is 13.7 Å². The molecule has 33 heavy (non-hydrogen) atoms. The molecule has 0 aliphatic heterocycles. The van der Waals surface area contributed by atoms with Gasteiger partial charge < -0.3 is 10.5 Å². The average molecular weight is 433 g/mol. The quantitative estimate of drug-likeness (QED) is 0.402. The van der Waals surface area contributed by atoms with Crippen LogP contribution in [0.1, 0.15) is 23.1 Å². The maximum absolute atomic E-state index is 5.64. The molecule has 0 aliphatic carbocycles. The van der Waals surface area contributed by atoms with Crippen LogP contribution in [-0.2, 0) is 6.42 Å². The normalized spacial score (nSPS) is 10.8. The van der Waals surface area contributed by atoms with Gasteiger partial charge in [0.25, 0.3) is 0 Å². The van der Waals surface area contributed by atoms with E-state index in [9.17, 15) is 0 Å². The second-order valence-corrected chi connectivity index (χ2v) is 7.88. The fourth-order valence-corrected chi connectivity index (χ4v) is 3.92. The van der Waals surface area contributed by atoms with Gasteiger partial charge in [-0.05, 0) is 79.5 Å². The number of nitrogens with zero attached hydrogens (tertiary/aromatic N) is 3. The molecule has 5 heteroatoms. The summed E-state index contributed by atoms with van der Waals surface area (Å²) in [6.07, 6.45) is 5.66. The number of imidazole rings is 1. The van der Waals surface area contributed by atoms with Gasteiger partial charge in [-0.25, -0.2) is 4.98 Å². The van der Waals surface area contributed by atoms with Crippen molar-refractivity contribution in [2.24, 2.45) is 5.73 Å². The third-order valence-electron chi connectivity index (χ3n) is 5.70. The third kappa shape index (κ3) is 4.30. The lowest BCUT2D eigenvalue weighted by atomic mass is 10.1. The molecule has 0 saturated carbocycles. The molecule has 2 aromatic heterocycles. The number of hydrogen-bond donors (Lipinski definition) is 1. The van der Waals surface area contributed by atoms with Crippen molar-refractivity contribution >= 4 is 21.9 Å². The van der Waals surface area contributed by atoms with E-state index in [1.807, 2.05) is 48.9 Å². The van der Waals surface area contributed by atoms with Crippen LogP contribution in [-0.4, -0.2) is 28.2 Å². The smallest absolute Gasteiger partial charge is 0.118 e. The van der Waals surface area contributed by atoms with Crippen LogP contribution >= 0.6 is 0 Å². The van der Waals surface area contributed by atoms with Gasteiger partial charge in [-0.1, -0.05) is 24.0 Å². The largest absolute Gasteiger partial charge is 0.497 e. The Hall–Kier alpha value is -4.14. The third-order valence-corrected chi connectivity index (χ3v) is 5.70. The Balaban J connectivity index is 1.55. The first kappa shape index (κ1) is 20.7. The van der Waals surface area contributed by atoms with Crippen LogP contribution in [0.5, 0.6) is 5.75 Å². The molecule has 0 radical (unpaired) electrons. The lowest BCUT2D eigenvalue weighted by Crippen LogP contribution is -2.00. The molecule has 2 N–H and O–H groups in total. The first-order valence-electron chi connectivity index (χ1n) is 11.0.